The number of carbonyl (C=O) groups excluding carboxylic acids is 3. The molecule has 0 N–H and O–H groups in total. The van der Waals surface area contributed by atoms with Crippen LogP contribution in [0.3, 0.4) is 0 Å². The predicted molar refractivity (Wildman–Crippen MR) is 289 cm³/mol. The molecule has 0 aromatic carbocycles. The zero-order valence-electron chi connectivity index (χ0n) is 44.7. The molecule has 6 heteroatoms. The molecule has 0 radical (unpaired) electrons. The second-order valence-corrected chi connectivity index (χ2v) is 19.5. The maximum absolute atomic E-state index is 12.8. The van der Waals surface area contributed by atoms with Crippen molar-refractivity contribution < 1.29 is 28.6 Å². The van der Waals surface area contributed by atoms with Gasteiger partial charge in [0, 0.05) is 19.3 Å². The second-order valence-electron chi connectivity index (χ2n) is 19.5. The first kappa shape index (κ1) is 64.4. The highest BCUT2D eigenvalue weighted by Crippen LogP contribution is 2.16. The summed E-state index contributed by atoms with van der Waals surface area (Å²) in [5, 5.41) is 0. The van der Waals surface area contributed by atoms with Gasteiger partial charge in [0.15, 0.2) is 6.10 Å². The molecule has 6 nitrogen and oxygen atoms in total. The van der Waals surface area contributed by atoms with Crippen LogP contribution < -0.4 is 0 Å². The molecule has 0 aliphatic carbocycles. The highest BCUT2D eigenvalue weighted by Gasteiger charge is 2.19. The molecule has 0 spiro atoms. The summed E-state index contributed by atoms with van der Waals surface area (Å²) in [7, 11) is 0. The van der Waals surface area contributed by atoms with Crippen molar-refractivity contribution in [2.24, 2.45) is 0 Å². The minimum Gasteiger partial charge on any atom is -0.462 e. The predicted octanol–water partition coefficient (Wildman–Crippen LogP) is 19.4. The van der Waals surface area contributed by atoms with E-state index in [-0.39, 0.29) is 31.1 Å². The SMILES string of the molecule is CCCCC/C=C\C/C=C\CCCCCCCC(=O)OC[C@H](COC(=O)CCCCCCCCCCCCC/C=C\CCCCCCCC)OC(=O)CCCCCCC/C=C\CCCCCC. The van der Waals surface area contributed by atoms with E-state index in [0.29, 0.717) is 19.3 Å². The van der Waals surface area contributed by atoms with Crippen LogP contribution in [0.15, 0.2) is 48.6 Å². The van der Waals surface area contributed by atoms with E-state index in [1.807, 2.05) is 0 Å². The summed E-state index contributed by atoms with van der Waals surface area (Å²) in [6.07, 6.45) is 68.1. The highest BCUT2D eigenvalue weighted by atomic mass is 16.6. The van der Waals surface area contributed by atoms with E-state index in [1.54, 1.807) is 0 Å². The molecule has 0 saturated heterocycles. The van der Waals surface area contributed by atoms with Crippen LogP contribution >= 0.6 is 0 Å². The Morgan fingerprint density at radius 1 is 0.299 bits per heavy atom. The lowest BCUT2D eigenvalue weighted by molar-refractivity contribution is -0.167. The molecule has 0 saturated carbocycles. The maximum atomic E-state index is 12.8. The standard InChI is InChI=1S/C61H110O6/c1-4-7-10-13-16-19-22-25-27-28-29-30-31-32-34-37-39-42-45-48-51-54-60(63)66-57-58(67-61(64)55-52-49-46-43-40-35-24-21-18-15-12-9-6-3)56-65-59(62)53-50-47-44-41-38-36-33-26-23-20-17-14-11-8-5-2/h17,20-21,24-27,33,58H,4-16,18-19,22-23,28-32,34-57H2,1-3H3/b20-17-,24-21-,27-25-,33-26-/t58-/m1/s1. The molecule has 0 aliphatic heterocycles. The average molecular weight is 940 g/mol. The molecule has 390 valence electrons. The Labute approximate surface area is 416 Å². The molecule has 0 bridgehead atoms. The Bertz CT molecular complexity index is 1170. The van der Waals surface area contributed by atoms with E-state index < -0.39 is 6.10 Å². The van der Waals surface area contributed by atoms with Gasteiger partial charge in [0.1, 0.15) is 13.2 Å². The Morgan fingerprint density at radius 2 is 0.537 bits per heavy atom. The quantitative estimate of drug-likeness (QED) is 0.0262. The van der Waals surface area contributed by atoms with Crippen LogP contribution in [-0.2, 0) is 28.6 Å². The van der Waals surface area contributed by atoms with Gasteiger partial charge < -0.3 is 14.2 Å². The van der Waals surface area contributed by atoms with E-state index in [0.717, 1.165) is 89.9 Å². The van der Waals surface area contributed by atoms with Crippen molar-refractivity contribution >= 4 is 17.9 Å². The summed E-state index contributed by atoms with van der Waals surface area (Å²) in [6, 6.07) is 0. The third-order valence-electron chi connectivity index (χ3n) is 12.8. The molecule has 1 atom stereocenters. The van der Waals surface area contributed by atoms with Gasteiger partial charge in [-0.25, -0.2) is 0 Å². The Kier molecular flexibility index (Phi) is 53.8. The zero-order valence-corrected chi connectivity index (χ0v) is 44.7. The first-order valence-corrected chi connectivity index (χ1v) is 29.1. The molecular formula is C61H110O6. The van der Waals surface area contributed by atoms with Crippen LogP contribution in [0.5, 0.6) is 0 Å². The lowest BCUT2D eigenvalue weighted by atomic mass is 10.0. The van der Waals surface area contributed by atoms with Gasteiger partial charge in [0.25, 0.3) is 0 Å². The minimum atomic E-state index is -0.782. The normalized spacial score (nSPS) is 12.3. The van der Waals surface area contributed by atoms with Gasteiger partial charge in [-0.2, -0.15) is 0 Å². The minimum absolute atomic E-state index is 0.0797. The zero-order chi connectivity index (χ0) is 48.6. The fraction of sp³-hybridized carbons (Fsp3) is 0.820. The van der Waals surface area contributed by atoms with Gasteiger partial charge >= 0.3 is 17.9 Å². The Morgan fingerprint density at radius 3 is 0.881 bits per heavy atom. The van der Waals surface area contributed by atoms with Gasteiger partial charge in [-0.05, 0) is 103 Å². The summed E-state index contributed by atoms with van der Waals surface area (Å²) in [5.41, 5.74) is 0. The lowest BCUT2D eigenvalue weighted by Gasteiger charge is -2.18. The largest absolute Gasteiger partial charge is 0.462 e. The summed E-state index contributed by atoms with van der Waals surface area (Å²) >= 11 is 0. The number of hydrogen-bond donors (Lipinski definition) is 0. The fourth-order valence-electron chi connectivity index (χ4n) is 8.35. The Balaban J connectivity index is 4.32. The molecule has 0 rings (SSSR count). The van der Waals surface area contributed by atoms with Crippen molar-refractivity contribution in [2.45, 2.75) is 309 Å². The van der Waals surface area contributed by atoms with E-state index in [9.17, 15) is 14.4 Å². The van der Waals surface area contributed by atoms with Crippen molar-refractivity contribution in [3.63, 3.8) is 0 Å². The monoisotopic (exact) mass is 939 g/mol. The lowest BCUT2D eigenvalue weighted by Crippen LogP contribution is -2.30. The molecular weight excluding hydrogens is 829 g/mol. The van der Waals surface area contributed by atoms with Gasteiger partial charge in [-0.3, -0.25) is 14.4 Å². The van der Waals surface area contributed by atoms with Gasteiger partial charge in [-0.1, -0.05) is 230 Å². The summed E-state index contributed by atoms with van der Waals surface area (Å²) in [6.45, 7) is 6.60. The molecule has 0 aliphatic rings. The summed E-state index contributed by atoms with van der Waals surface area (Å²) < 4.78 is 16.9. The van der Waals surface area contributed by atoms with Crippen LogP contribution in [0.25, 0.3) is 0 Å². The number of carbonyl (C=O) groups is 3. The average Bonchev–Trinajstić information content (AvgIpc) is 3.33. The summed E-state index contributed by atoms with van der Waals surface area (Å²) in [4.78, 5) is 38.1. The van der Waals surface area contributed by atoms with Crippen LogP contribution in [-0.4, -0.2) is 37.2 Å². The van der Waals surface area contributed by atoms with E-state index >= 15 is 0 Å². The number of rotatable bonds is 53. The number of esters is 3. The van der Waals surface area contributed by atoms with Crippen molar-refractivity contribution in [2.75, 3.05) is 13.2 Å². The number of ether oxygens (including phenoxy) is 3. The van der Waals surface area contributed by atoms with Gasteiger partial charge in [0.05, 0.1) is 0 Å². The number of allylic oxidation sites excluding steroid dienone is 8. The van der Waals surface area contributed by atoms with Gasteiger partial charge in [-0.15, -0.1) is 0 Å². The molecule has 0 amide bonds. The fourth-order valence-corrected chi connectivity index (χ4v) is 8.35. The van der Waals surface area contributed by atoms with Crippen LogP contribution in [0.1, 0.15) is 303 Å². The number of unbranched alkanes of at least 4 members (excludes halogenated alkanes) is 34. The third kappa shape index (κ3) is 54.2. The first-order chi connectivity index (χ1) is 33.0. The highest BCUT2D eigenvalue weighted by molar-refractivity contribution is 5.71. The molecule has 0 heterocycles. The van der Waals surface area contributed by atoms with E-state index in [4.69, 9.17) is 14.2 Å². The van der Waals surface area contributed by atoms with Crippen LogP contribution in [0, 0.1) is 0 Å². The molecule has 0 fully saturated rings. The van der Waals surface area contributed by atoms with E-state index in [2.05, 4.69) is 69.4 Å². The summed E-state index contributed by atoms with van der Waals surface area (Å²) in [5.74, 6) is -0.891. The van der Waals surface area contributed by atoms with Crippen molar-refractivity contribution in [3.05, 3.63) is 48.6 Å². The second kappa shape index (κ2) is 56.0. The van der Waals surface area contributed by atoms with Gasteiger partial charge in [0.2, 0.25) is 0 Å². The van der Waals surface area contributed by atoms with Crippen molar-refractivity contribution in [1.82, 2.24) is 0 Å². The van der Waals surface area contributed by atoms with Crippen molar-refractivity contribution in [1.29, 1.82) is 0 Å². The smallest absolute Gasteiger partial charge is 0.306 e. The first-order valence-electron chi connectivity index (χ1n) is 29.1. The van der Waals surface area contributed by atoms with E-state index in [1.165, 1.54) is 173 Å². The van der Waals surface area contributed by atoms with Crippen molar-refractivity contribution in [3.8, 4) is 0 Å². The topological polar surface area (TPSA) is 78.9 Å². The molecule has 0 aromatic rings. The van der Waals surface area contributed by atoms with Crippen LogP contribution in [0.4, 0.5) is 0 Å². The van der Waals surface area contributed by atoms with Crippen LogP contribution in [0.2, 0.25) is 0 Å². The molecule has 67 heavy (non-hydrogen) atoms. The third-order valence-corrected chi connectivity index (χ3v) is 12.8. The maximum Gasteiger partial charge on any atom is 0.306 e. The number of hydrogen-bond acceptors (Lipinski definition) is 6. The Hall–Kier alpha value is -2.63. The molecule has 0 unspecified atom stereocenters. The molecule has 0 aromatic heterocycles.